The number of aryl methyl sites for hydroxylation is 1. The third-order valence-electron chi connectivity index (χ3n) is 4.28. The van der Waals surface area contributed by atoms with Crippen LogP contribution in [0.3, 0.4) is 0 Å². The van der Waals surface area contributed by atoms with E-state index in [-0.39, 0.29) is 11.2 Å². The summed E-state index contributed by atoms with van der Waals surface area (Å²) < 4.78 is 17.1. The molecular formula is C23H17ClO4. The van der Waals surface area contributed by atoms with Crippen molar-refractivity contribution in [3.63, 3.8) is 0 Å². The molecule has 0 unspecified atom stereocenters. The molecule has 0 radical (unpaired) electrons. The van der Waals surface area contributed by atoms with Gasteiger partial charge in [0.15, 0.2) is 0 Å². The highest BCUT2D eigenvalue weighted by atomic mass is 35.5. The van der Waals surface area contributed by atoms with Crippen LogP contribution >= 0.6 is 11.6 Å². The molecule has 4 rings (SSSR count). The Morgan fingerprint density at radius 2 is 1.82 bits per heavy atom. The van der Waals surface area contributed by atoms with E-state index in [9.17, 15) is 4.79 Å². The first-order valence-electron chi connectivity index (χ1n) is 8.76. The highest BCUT2D eigenvalue weighted by molar-refractivity contribution is 6.31. The first-order valence-corrected chi connectivity index (χ1v) is 9.14. The van der Waals surface area contributed by atoms with Crippen LogP contribution in [0.4, 0.5) is 0 Å². The molecular weight excluding hydrogens is 376 g/mol. The average Bonchev–Trinajstić information content (AvgIpc) is 2.69. The van der Waals surface area contributed by atoms with Crippen molar-refractivity contribution in [3.05, 3.63) is 99.4 Å². The second-order valence-corrected chi connectivity index (χ2v) is 6.79. The molecule has 0 aliphatic carbocycles. The summed E-state index contributed by atoms with van der Waals surface area (Å²) in [6.07, 6.45) is 1.32. The Morgan fingerprint density at radius 1 is 0.964 bits per heavy atom. The van der Waals surface area contributed by atoms with Crippen LogP contribution in [0.5, 0.6) is 17.2 Å². The molecule has 1 heterocycles. The molecule has 0 atom stereocenters. The minimum Gasteiger partial charge on any atom is -0.489 e. The maximum absolute atomic E-state index is 12.7. The first kappa shape index (κ1) is 18.1. The normalized spacial score (nSPS) is 10.8. The SMILES string of the molecule is Cc1cccc(Oc2coc3cc(OCc4ccccc4Cl)ccc3c2=O)c1. The molecule has 0 aliphatic rings. The number of ether oxygens (including phenoxy) is 2. The summed E-state index contributed by atoms with van der Waals surface area (Å²) in [7, 11) is 0. The van der Waals surface area contributed by atoms with E-state index in [2.05, 4.69) is 0 Å². The Balaban J connectivity index is 1.57. The second-order valence-electron chi connectivity index (χ2n) is 6.39. The number of hydrogen-bond acceptors (Lipinski definition) is 4. The third-order valence-corrected chi connectivity index (χ3v) is 4.65. The van der Waals surface area contributed by atoms with Crippen molar-refractivity contribution >= 4 is 22.6 Å². The van der Waals surface area contributed by atoms with Gasteiger partial charge in [0.25, 0.3) is 0 Å². The van der Waals surface area contributed by atoms with Gasteiger partial charge in [-0.3, -0.25) is 4.79 Å². The van der Waals surface area contributed by atoms with E-state index in [0.29, 0.717) is 34.1 Å². The number of rotatable bonds is 5. The van der Waals surface area contributed by atoms with Crippen LogP contribution in [-0.4, -0.2) is 0 Å². The van der Waals surface area contributed by atoms with Crippen molar-refractivity contribution in [1.29, 1.82) is 0 Å². The first-order chi connectivity index (χ1) is 13.6. The summed E-state index contributed by atoms with van der Waals surface area (Å²) in [5.41, 5.74) is 2.12. The molecule has 4 aromatic rings. The number of fused-ring (bicyclic) bond motifs is 1. The third kappa shape index (κ3) is 3.87. The zero-order valence-corrected chi connectivity index (χ0v) is 15.9. The smallest absolute Gasteiger partial charge is 0.235 e. The molecule has 0 N–H and O–H groups in total. The van der Waals surface area contributed by atoms with Crippen molar-refractivity contribution in [2.45, 2.75) is 13.5 Å². The average molecular weight is 393 g/mol. The van der Waals surface area contributed by atoms with Crippen LogP contribution < -0.4 is 14.9 Å². The van der Waals surface area contributed by atoms with Crippen LogP contribution in [0.15, 0.2) is 82.2 Å². The summed E-state index contributed by atoms with van der Waals surface area (Å²) in [4.78, 5) is 12.7. The van der Waals surface area contributed by atoms with Crippen molar-refractivity contribution in [2.24, 2.45) is 0 Å². The van der Waals surface area contributed by atoms with E-state index < -0.39 is 0 Å². The summed E-state index contributed by atoms with van der Waals surface area (Å²) >= 11 is 6.15. The Hall–Kier alpha value is -3.24. The van der Waals surface area contributed by atoms with Gasteiger partial charge in [0.1, 0.15) is 30.0 Å². The highest BCUT2D eigenvalue weighted by Gasteiger charge is 2.11. The quantitative estimate of drug-likeness (QED) is 0.410. The van der Waals surface area contributed by atoms with Gasteiger partial charge in [-0.2, -0.15) is 0 Å². The van der Waals surface area contributed by atoms with E-state index in [1.165, 1.54) is 6.26 Å². The molecule has 1 aromatic heterocycles. The van der Waals surface area contributed by atoms with E-state index in [1.54, 1.807) is 24.3 Å². The zero-order chi connectivity index (χ0) is 19.5. The molecule has 5 heteroatoms. The van der Waals surface area contributed by atoms with Gasteiger partial charge in [-0.05, 0) is 42.8 Å². The zero-order valence-electron chi connectivity index (χ0n) is 15.1. The van der Waals surface area contributed by atoms with Crippen molar-refractivity contribution < 1.29 is 13.9 Å². The van der Waals surface area contributed by atoms with Gasteiger partial charge in [0.05, 0.1) is 5.39 Å². The van der Waals surface area contributed by atoms with E-state index in [1.807, 2.05) is 49.4 Å². The predicted molar refractivity (Wildman–Crippen MR) is 110 cm³/mol. The summed E-state index contributed by atoms with van der Waals surface area (Å²) in [6.45, 7) is 2.28. The maximum atomic E-state index is 12.7. The Bertz CT molecular complexity index is 1200. The minimum atomic E-state index is -0.236. The molecule has 3 aromatic carbocycles. The molecule has 0 aliphatic heterocycles. The van der Waals surface area contributed by atoms with Crippen LogP contribution in [0.1, 0.15) is 11.1 Å². The molecule has 0 amide bonds. The fourth-order valence-corrected chi connectivity index (χ4v) is 3.02. The molecule has 0 spiro atoms. The molecule has 0 saturated carbocycles. The van der Waals surface area contributed by atoms with Crippen molar-refractivity contribution in [1.82, 2.24) is 0 Å². The van der Waals surface area contributed by atoms with Gasteiger partial charge >= 0.3 is 0 Å². The lowest BCUT2D eigenvalue weighted by Crippen LogP contribution is -2.05. The van der Waals surface area contributed by atoms with Crippen LogP contribution in [0.25, 0.3) is 11.0 Å². The summed E-state index contributed by atoms with van der Waals surface area (Å²) in [6, 6.07) is 20.1. The fraction of sp³-hybridized carbons (Fsp3) is 0.0870. The van der Waals surface area contributed by atoms with Crippen LogP contribution in [0, 0.1) is 6.92 Å². The monoisotopic (exact) mass is 392 g/mol. The molecule has 28 heavy (non-hydrogen) atoms. The van der Waals surface area contributed by atoms with Gasteiger partial charge < -0.3 is 13.9 Å². The predicted octanol–water partition coefficient (Wildman–Crippen LogP) is 6.13. The van der Waals surface area contributed by atoms with Gasteiger partial charge in [-0.25, -0.2) is 0 Å². The lowest BCUT2D eigenvalue weighted by atomic mass is 10.2. The topological polar surface area (TPSA) is 48.7 Å². The summed E-state index contributed by atoms with van der Waals surface area (Å²) in [5.74, 6) is 1.32. The Kier molecular flexibility index (Phi) is 5.04. The maximum Gasteiger partial charge on any atom is 0.235 e. The van der Waals surface area contributed by atoms with Crippen LogP contribution in [-0.2, 0) is 6.61 Å². The van der Waals surface area contributed by atoms with Crippen molar-refractivity contribution in [2.75, 3.05) is 0 Å². The van der Waals surface area contributed by atoms with Crippen molar-refractivity contribution in [3.8, 4) is 17.2 Å². The molecule has 0 saturated heterocycles. The molecule has 140 valence electrons. The molecule has 4 nitrogen and oxygen atoms in total. The van der Waals surface area contributed by atoms with Gasteiger partial charge in [-0.15, -0.1) is 0 Å². The largest absolute Gasteiger partial charge is 0.489 e. The van der Waals surface area contributed by atoms with E-state index >= 15 is 0 Å². The van der Waals surface area contributed by atoms with Crippen LogP contribution in [0.2, 0.25) is 5.02 Å². The Morgan fingerprint density at radius 3 is 2.64 bits per heavy atom. The number of halogens is 1. The standard InChI is InChI=1S/C23H17ClO4/c1-15-5-4-7-18(11-15)28-22-14-27-21-12-17(9-10-19(21)23(22)25)26-13-16-6-2-3-8-20(16)24/h2-12,14H,13H2,1H3. The minimum absolute atomic E-state index is 0.142. The van der Waals surface area contributed by atoms with Gasteiger partial charge in [0, 0.05) is 16.7 Å². The molecule has 0 bridgehead atoms. The van der Waals surface area contributed by atoms with Gasteiger partial charge in [-0.1, -0.05) is 41.9 Å². The van der Waals surface area contributed by atoms with E-state index in [4.69, 9.17) is 25.5 Å². The lowest BCUT2D eigenvalue weighted by Gasteiger charge is -2.09. The number of hydrogen-bond donors (Lipinski definition) is 0. The fourth-order valence-electron chi connectivity index (χ4n) is 2.83. The number of benzene rings is 3. The molecule has 0 fully saturated rings. The van der Waals surface area contributed by atoms with E-state index in [0.717, 1.165) is 11.1 Å². The highest BCUT2D eigenvalue weighted by Crippen LogP contribution is 2.25. The second kappa shape index (κ2) is 7.79. The Labute approximate surface area is 166 Å². The lowest BCUT2D eigenvalue weighted by molar-refractivity contribution is 0.306. The summed E-state index contributed by atoms with van der Waals surface area (Å²) in [5, 5.41) is 1.07. The van der Waals surface area contributed by atoms with Gasteiger partial charge in [0.2, 0.25) is 11.2 Å².